The molecule has 4 aromatic rings. The van der Waals surface area contributed by atoms with Crippen LogP contribution in [0.1, 0.15) is 44.8 Å². The van der Waals surface area contributed by atoms with Gasteiger partial charge in [-0.05, 0) is 29.5 Å². The van der Waals surface area contributed by atoms with Gasteiger partial charge >= 0.3 is 26.9 Å². The molecule has 0 aliphatic carbocycles. The summed E-state index contributed by atoms with van der Waals surface area (Å²) in [4.78, 5) is 13.0. The van der Waals surface area contributed by atoms with Crippen LogP contribution in [0.2, 0.25) is 0 Å². The first-order valence-electron chi connectivity index (χ1n) is 9.95. The van der Waals surface area contributed by atoms with E-state index in [-0.39, 0.29) is 32.6 Å². The van der Waals surface area contributed by atoms with Crippen molar-refractivity contribution in [2.45, 2.75) is 38.5 Å². The van der Waals surface area contributed by atoms with Crippen LogP contribution in [-0.2, 0) is 31.9 Å². The summed E-state index contributed by atoms with van der Waals surface area (Å²) in [7, 11) is 0. The van der Waals surface area contributed by atoms with E-state index in [1.165, 1.54) is 21.5 Å². The number of aromatic nitrogens is 6. The molecule has 166 valence electrons. The van der Waals surface area contributed by atoms with Crippen molar-refractivity contribution in [3.05, 3.63) is 89.4 Å². The Hall–Kier alpha value is -3.61. The molecule has 0 aliphatic rings. The van der Waals surface area contributed by atoms with Crippen LogP contribution in [0.3, 0.4) is 0 Å². The standard InChI is InChI=1S/C24H20N8.Pt/c1-23(2,18-8-6-10-21(27-18)31-14-12-17(16-25)29-31)24(3,4)19-9-7-11-22(28-19)32-15-13-20(26-5)30-32;/h6-13H,1-4H3;/q-2;+2. The van der Waals surface area contributed by atoms with Crippen LogP contribution in [0.5, 0.6) is 0 Å². The van der Waals surface area contributed by atoms with Crippen LogP contribution in [-0.4, -0.2) is 29.5 Å². The van der Waals surface area contributed by atoms with E-state index < -0.39 is 10.8 Å². The Morgan fingerprint density at radius 2 is 1.39 bits per heavy atom. The second-order valence-corrected chi connectivity index (χ2v) is 8.35. The molecule has 0 unspecified atom stereocenters. The van der Waals surface area contributed by atoms with Crippen LogP contribution in [0.15, 0.2) is 48.5 Å². The van der Waals surface area contributed by atoms with Gasteiger partial charge in [0.25, 0.3) is 0 Å². The van der Waals surface area contributed by atoms with Gasteiger partial charge in [0, 0.05) is 22.2 Å². The zero-order valence-electron chi connectivity index (χ0n) is 18.5. The van der Waals surface area contributed by atoms with Crippen molar-refractivity contribution in [2.24, 2.45) is 0 Å². The van der Waals surface area contributed by atoms with E-state index in [1.54, 1.807) is 0 Å². The number of nitrogens with zero attached hydrogens (tertiary/aromatic N) is 8. The van der Waals surface area contributed by atoms with Crippen LogP contribution >= 0.6 is 0 Å². The Kier molecular flexibility index (Phi) is 6.63. The monoisotopic (exact) mass is 615 g/mol. The molecule has 0 amide bonds. The van der Waals surface area contributed by atoms with Gasteiger partial charge in [0.05, 0.1) is 23.4 Å². The first-order valence-corrected chi connectivity index (χ1v) is 9.95. The quantitative estimate of drug-likeness (QED) is 0.315. The maximum absolute atomic E-state index is 9.04. The van der Waals surface area contributed by atoms with E-state index in [4.69, 9.17) is 21.8 Å². The smallest absolute Gasteiger partial charge is 0.342 e. The molecule has 0 saturated carbocycles. The van der Waals surface area contributed by atoms with Crippen LogP contribution in [0.25, 0.3) is 16.5 Å². The van der Waals surface area contributed by atoms with Gasteiger partial charge in [0.15, 0.2) is 0 Å². The summed E-state index contributed by atoms with van der Waals surface area (Å²) in [5.74, 6) is 1.46. The molecule has 9 heteroatoms. The zero-order valence-corrected chi connectivity index (χ0v) is 20.8. The average molecular weight is 616 g/mol. The second-order valence-electron chi connectivity index (χ2n) is 8.35. The van der Waals surface area contributed by atoms with E-state index in [0.717, 1.165) is 11.4 Å². The molecule has 0 fully saturated rings. The molecular formula is C24H20N8Pt. The van der Waals surface area contributed by atoms with Crippen LogP contribution < -0.4 is 0 Å². The van der Waals surface area contributed by atoms with E-state index in [1.807, 2.05) is 42.5 Å². The fraction of sp³-hybridized carbons (Fsp3) is 0.250. The first-order chi connectivity index (χ1) is 15.3. The third kappa shape index (κ3) is 4.35. The predicted molar refractivity (Wildman–Crippen MR) is 117 cm³/mol. The summed E-state index contributed by atoms with van der Waals surface area (Å²) in [6.45, 7) is 15.6. The average Bonchev–Trinajstić information content (AvgIpc) is 3.49. The molecule has 0 bridgehead atoms. The van der Waals surface area contributed by atoms with Gasteiger partial charge in [-0.2, -0.15) is 0 Å². The minimum absolute atomic E-state index is 0. The maximum Gasteiger partial charge on any atom is 2.00 e. The molecule has 0 N–H and O–H groups in total. The van der Waals surface area contributed by atoms with Crippen LogP contribution in [0.4, 0.5) is 5.82 Å². The SMILES string of the molecule is [C-]#[N+]c1c[c-]n(-c2cccc(C(C)(C)C(C)(C)c3cccc(-n4[c-]cc(C#N)n4)n3)n2)n1.[Pt+2]. The number of pyridine rings is 2. The van der Waals surface area contributed by atoms with E-state index in [2.05, 4.69) is 55.1 Å². The van der Waals surface area contributed by atoms with Crippen molar-refractivity contribution < 1.29 is 21.1 Å². The number of rotatable bonds is 5. The summed E-state index contributed by atoms with van der Waals surface area (Å²) in [6.07, 6.45) is 5.86. The summed E-state index contributed by atoms with van der Waals surface area (Å²) >= 11 is 0. The molecule has 4 rings (SSSR count). The number of hydrogen-bond donors (Lipinski definition) is 0. The Bertz CT molecular complexity index is 1260. The van der Waals surface area contributed by atoms with E-state index >= 15 is 0 Å². The minimum Gasteiger partial charge on any atom is -0.342 e. The molecule has 0 atom stereocenters. The second kappa shape index (κ2) is 9.09. The van der Waals surface area contributed by atoms with Gasteiger partial charge in [-0.25, -0.2) is 15.0 Å². The normalized spacial score (nSPS) is 11.3. The predicted octanol–water partition coefficient (Wildman–Crippen LogP) is 4.12. The summed E-state index contributed by atoms with van der Waals surface area (Å²) in [5.41, 5.74) is 1.16. The van der Waals surface area contributed by atoms with Crippen molar-refractivity contribution >= 4 is 5.82 Å². The fourth-order valence-electron chi connectivity index (χ4n) is 3.33. The molecule has 0 saturated heterocycles. The fourth-order valence-corrected chi connectivity index (χ4v) is 3.33. The molecule has 33 heavy (non-hydrogen) atoms. The number of nitriles is 1. The number of hydrogen-bond acceptors (Lipinski definition) is 5. The molecule has 4 aromatic heterocycles. The minimum atomic E-state index is -0.421. The largest absolute Gasteiger partial charge is 2.00 e. The van der Waals surface area contributed by atoms with Crippen LogP contribution in [0, 0.1) is 30.3 Å². The maximum atomic E-state index is 9.04. The van der Waals surface area contributed by atoms with Crippen molar-refractivity contribution in [3.63, 3.8) is 0 Å². The van der Waals surface area contributed by atoms with Gasteiger partial charge in [-0.3, -0.25) is 9.97 Å². The van der Waals surface area contributed by atoms with Gasteiger partial charge in [-0.1, -0.05) is 64.7 Å². The molecule has 8 nitrogen and oxygen atoms in total. The molecule has 0 radical (unpaired) electrons. The molecule has 4 heterocycles. The Morgan fingerprint density at radius 1 is 0.879 bits per heavy atom. The molecule has 0 aliphatic heterocycles. The Labute approximate surface area is 207 Å². The zero-order chi connectivity index (χ0) is 22.9. The van der Waals surface area contributed by atoms with Gasteiger partial charge in [0.1, 0.15) is 0 Å². The van der Waals surface area contributed by atoms with Crippen molar-refractivity contribution in [3.8, 4) is 17.7 Å². The topological polar surface area (TPSA) is 89.6 Å². The Balaban J connectivity index is 0.00000306. The van der Waals surface area contributed by atoms with E-state index in [0.29, 0.717) is 11.6 Å². The third-order valence-corrected chi connectivity index (χ3v) is 6.02. The van der Waals surface area contributed by atoms with Gasteiger partial charge in [0.2, 0.25) is 0 Å². The third-order valence-electron chi connectivity index (χ3n) is 6.02. The summed E-state index contributed by atoms with van der Waals surface area (Å²) in [5, 5.41) is 17.4. The van der Waals surface area contributed by atoms with Crippen molar-refractivity contribution in [1.82, 2.24) is 29.5 Å². The van der Waals surface area contributed by atoms with Crippen molar-refractivity contribution in [2.75, 3.05) is 0 Å². The Morgan fingerprint density at radius 3 is 1.85 bits per heavy atom. The first kappa shape index (κ1) is 24.0. The van der Waals surface area contributed by atoms with E-state index in [9.17, 15) is 0 Å². The summed E-state index contributed by atoms with van der Waals surface area (Å²) in [6, 6.07) is 16.6. The molecule has 0 spiro atoms. The molecule has 0 aromatic carbocycles. The summed E-state index contributed by atoms with van der Waals surface area (Å²) < 4.78 is 2.96. The van der Waals surface area contributed by atoms with Gasteiger partial charge in [-0.15, -0.1) is 6.07 Å². The molecular weight excluding hydrogens is 595 g/mol. The van der Waals surface area contributed by atoms with Crippen molar-refractivity contribution in [1.29, 1.82) is 5.26 Å². The van der Waals surface area contributed by atoms with Gasteiger partial charge < -0.3 is 9.53 Å².